The number of likely N-dealkylation sites (tertiary alicyclic amines) is 1. The average Bonchev–Trinajstić information content (AvgIpc) is 3.47. The molecule has 1 N–H and O–H groups in total. The van der Waals surface area contributed by atoms with E-state index in [1.165, 1.54) is 12.3 Å². The first kappa shape index (κ1) is 30.8. The molecule has 0 bridgehead atoms. The molecule has 1 fully saturated rings. The van der Waals surface area contributed by atoms with Crippen molar-refractivity contribution in [2.24, 2.45) is 0 Å². The van der Waals surface area contributed by atoms with Crippen molar-refractivity contribution in [3.8, 4) is 11.1 Å². The van der Waals surface area contributed by atoms with Crippen molar-refractivity contribution in [1.82, 2.24) is 24.6 Å². The molecular formula is C30H28ClF3N6O4S. The van der Waals surface area contributed by atoms with Gasteiger partial charge in [-0.2, -0.15) is 5.10 Å². The fraction of sp³-hybridized carbons (Fsp3) is 0.367. The zero-order valence-corrected chi connectivity index (χ0v) is 26.7. The summed E-state index contributed by atoms with van der Waals surface area (Å²) in [5.74, 6) is -2.99. The summed E-state index contributed by atoms with van der Waals surface area (Å²) >= 11 is 7.39. The van der Waals surface area contributed by atoms with Crippen LogP contribution in [0, 0.1) is 17.5 Å². The molecule has 3 aromatic heterocycles. The van der Waals surface area contributed by atoms with E-state index < -0.39 is 40.8 Å². The highest BCUT2D eigenvalue weighted by molar-refractivity contribution is 7.22. The predicted molar refractivity (Wildman–Crippen MR) is 165 cm³/mol. The van der Waals surface area contributed by atoms with Crippen LogP contribution in [0.1, 0.15) is 47.6 Å². The number of nitrogens with one attached hydrogen (secondary N) is 1. The summed E-state index contributed by atoms with van der Waals surface area (Å²) in [5.41, 5.74) is -2.01. The van der Waals surface area contributed by atoms with Crippen LogP contribution in [0.3, 0.4) is 0 Å². The molecule has 2 amide bonds. The number of carbonyl (C=O) groups excluding carboxylic acids is 2. The standard InChI is InChI=1S/C30H28ClF3N6O4S/c1-29(2,3)43-27(41)38-26-37-23-20(17(32)8-18(33)25(23)45-26)19-16(31)7-15-22(21(19)34)35-9-13-10-36-40(24(13)15)14-11-39(12-14)28(42)44-30(4,5)6/h7-10,14H,11-12H2,1-6H3,(H,37,38,41). The lowest BCUT2D eigenvalue weighted by molar-refractivity contribution is 0.000167. The molecule has 10 nitrogen and oxygen atoms in total. The third-order valence-electron chi connectivity index (χ3n) is 6.89. The Balaban J connectivity index is 1.42. The molecule has 0 spiro atoms. The first-order valence-electron chi connectivity index (χ1n) is 13.9. The van der Waals surface area contributed by atoms with Gasteiger partial charge in [0.25, 0.3) is 0 Å². The highest BCUT2D eigenvalue weighted by Gasteiger charge is 2.36. The number of ether oxygens (including phenoxy) is 2. The quantitative estimate of drug-likeness (QED) is 0.208. The van der Waals surface area contributed by atoms with Crippen LogP contribution in [-0.2, 0) is 9.47 Å². The van der Waals surface area contributed by atoms with Crippen LogP contribution >= 0.6 is 22.9 Å². The van der Waals surface area contributed by atoms with E-state index in [0.717, 1.165) is 11.3 Å². The lowest BCUT2D eigenvalue weighted by Crippen LogP contribution is -2.52. The largest absolute Gasteiger partial charge is 0.444 e. The van der Waals surface area contributed by atoms with E-state index in [1.54, 1.807) is 57.3 Å². The number of hydrogen-bond acceptors (Lipinski definition) is 8. The number of benzene rings is 2. The summed E-state index contributed by atoms with van der Waals surface area (Å²) in [5, 5.41) is 7.55. The van der Waals surface area contributed by atoms with E-state index in [0.29, 0.717) is 35.4 Å². The second-order valence-electron chi connectivity index (χ2n) is 12.7. The molecule has 0 atom stereocenters. The molecule has 1 aliphatic rings. The number of anilines is 1. The minimum absolute atomic E-state index is 0.0769. The van der Waals surface area contributed by atoms with Gasteiger partial charge in [0, 0.05) is 47.3 Å². The van der Waals surface area contributed by atoms with Crippen LogP contribution in [-0.4, -0.2) is 61.1 Å². The maximum atomic E-state index is 16.4. The second kappa shape index (κ2) is 10.7. The zero-order chi connectivity index (χ0) is 32.6. The lowest BCUT2D eigenvalue weighted by atomic mass is 9.99. The maximum Gasteiger partial charge on any atom is 0.413 e. The van der Waals surface area contributed by atoms with Crippen molar-refractivity contribution in [2.45, 2.75) is 58.8 Å². The molecule has 4 heterocycles. The Morgan fingerprint density at radius 2 is 1.67 bits per heavy atom. The number of carbonyl (C=O) groups is 2. The summed E-state index contributed by atoms with van der Waals surface area (Å²) in [6.07, 6.45) is 1.73. The molecule has 0 aliphatic carbocycles. The Bertz CT molecular complexity index is 2030. The molecule has 15 heteroatoms. The molecule has 6 rings (SSSR count). The number of aromatic nitrogens is 4. The SMILES string of the molecule is CC(C)(C)OC(=O)Nc1nc2c(-c3c(Cl)cc4c(ncc5cnn(C6CN(C(=O)OC(C)(C)C)C6)c54)c3F)c(F)cc(F)c2s1. The average molecular weight is 661 g/mol. The van der Waals surface area contributed by atoms with Crippen molar-refractivity contribution < 1.29 is 32.2 Å². The summed E-state index contributed by atoms with van der Waals surface area (Å²) in [6, 6.07) is 1.85. The first-order valence-corrected chi connectivity index (χ1v) is 15.1. The van der Waals surface area contributed by atoms with Crippen LogP contribution in [0.2, 0.25) is 5.02 Å². The fourth-order valence-corrected chi connectivity index (χ4v) is 6.24. The Morgan fingerprint density at radius 3 is 2.33 bits per heavy atom. The summed E-state index contributed by atoms with van der Waals surface area (Å²) < 4.78 is 59.0. The molecule has 45 heavy (non-hydrogen) atoms. The van der Waals surface area contributed by atoms with Crippen molar-refractivity contribution in [3.63, 3.8) is 0 Å². The number of hydrogen-bond donors (Lipinski definition) is 1. The van der Waals surface area contributed by atoms with Crippen molar-refractivity contribution in [3.05, 3.63) is 47.0 Å². The van der Waals surface area contributed by atoms with E-state index in [9.17, 15) is 14.0 Å². The Kier molecular flexibility index (Phi) is 7.35. The van der Waals surface area contributed by atoms with Gasteiger partial charge in [-0.15, -0.1) is 0 Å². The van der Waals surface area contributed by atoms with Gasteiger partial charge in [-0.05, 0) is 47.6 Å². The minimum atomic E-state index is -1.10. The topological polar surface area (TPSA) is 111 Å². The molecule has 5 aromatic rings. The van der Waals surface area contributed by atoms with E-state index >= 15 is 8.78 Å². The molecule has 0 radical (unpaired) electrons. The maximum absolute atomic E-state index is 16.4. The van der Waals surface area contributed by atoms with Crippen LogP contribution in [0.25, 0.3) is 43.1 Å². The van der Waals surface area contributed by atoms with Gasteiger partial charge in [0.2, 0.25) is 0 Å². The van der Waals surface area contributed by atoms with Gasteiger partial charge < -0.3 is 14.4 Å². The number of fused-ring (bicyclic) bond motifs is 4. The first-order chi connectivity index (χ1) is 21.0. The number of nitrogens with zero attached hydrogens (tertiary/aromatic N) is 5. The fourth-order valence-electron chi connectivity index (χ4n) is 5.09. The molecular weight excluding hydrogens is 633 g/mol. The van der Waals surface area contributed by atoms with Crippen LogP contribution < -0.4 is 5.32 Å². The minimum Gasteiger partial charge on any atom is -0.444 e. The van der Waals surface area contributed by atoms with E-state index in [4.69, 9.17) is 21.1 Å². The van der Waals surface area contributed by atoms with E-state index in [1.807, 2.05) is 0 Å². The monoisotopic (exact) mass is 660 g/mol. The van der Waals surface area contributed by atoms with Gasteiger partial charge in [-0.1, -0.05) is 22.9 Å². The Hall–Kier alpha value is -4.17. The second-order valence-corrected chi connectivity index (χ2v) is 14.1. The van der Waals surface area contributed by atoms with Crippen molar-refractivity contribution >= 4 is 72.3 Å². The molecule has 1 aliphatic heterocycles. The smallest absolute Gasteiger partial charge is 0.413 e. The number of rotatable bonds is 3. The third kappa shape index (κ3) is 5.72. The number of thiazole rings is 1. The van der Waals surface area contributed by atoms with Crippen molar-refractivity contribution in [1.29, 1.82) is 0 Å². The van der Waals surface area contributed by atoms with Crippen LogP contribution in [0.5, 0.6) is 0 Å². The highest BCUT2D eigenvalue weighted by atomic mass is 35.5. The van der Waals surface area contributed by atoms with Gasteiger partial charge in [-0.25, -0.2) is 27.7 Å². The van der Waals surface area contributed by atoms with Crippen LogP contribution in [0.4, 0.5) is 27.9 Å². The molecule has 236 valence electrons. The van der Waals surface area contributed by atoms with Gasteiger partial charge in [0.15, 0.2) is 10.9 Å². The third-order valence-corrected chi connectivity index (χ3v) is 8.17. The number of pyridine rings is 1. The molecule has 1 saturated heterocycles. The van der Waals surface area contributed by atoms with Gasteiger partial charge in [0.1, 0.15) is 28.4 Å². The van der Waals surface area contributed by atoms with Gasteiger partial charge in [0.05, 0.1) is 33.0 Å². The Morgan fingerprint density at radius 1 is 0.978 bits per heavy atom. The summed E-state index contributed by atoms with van der Waals surface area (Å²) in [4.78, 5) is 34.8. The number of amides is 2. The lowest BCUT2D eigenvalue weighted by Gasteiger charge is -2.40. The van der Waals surface area contributed by atoms with Crippen LogP contribution in [0.15, 0.2) is 24.5 Å². The molecule has 0 saturated carbocycles. The summed E-state index contributed by atoms with van der Waals surface area (Å²) in [7, 11) is 0. The van der Waals surface area contributed by atoms with E-state index in [-0.39, 0.29) is 43.1 Å². The highest BCUT2D eigenvalue weighted by Crippen LogP contribution is 2.44. The summed E-state index contributed by atoms with van der Waals surface area (Å²) in [6.45, 7) is 11.0. The van der Waals surface area contributed by atoms with Crippen molar-refractivity contribution in [2.75, 3.05) is 18.4 Å². The zero-order valence-electron chi connectivity index (χ0n) is 25.1. The predicted octanol–water partition coefficient (Wildman–Crippen LogP) is 8.07. The normalized spacial score (nSPS) is 14.3. The Labute approximate surface area is 264 Å². The van der Waals surface area contributed by atoms with E-state index in [2.05, 4.69) is 20.4 Å². The van der Waals surface area contributed by atoms with Gasteiger partial charge >= 0.3 is 12.2 Å². The molecule has 0 unspecified atom stereocenters. The molecule has 2 aromatic carbocycles. The number of halogens is 4. The van der Waals surface area contributed by atoms with Gasteiger partial charge in [-0.3, -0.25) is 15.0 Å².